The van der Waals surface area contributed by atoms with E-state index in [9.17, 15) is 0 Å². The quantitative estimate of drug-likeness (QED) is 0.727. The highest BCUT2D eigenvalue weighted by Gasteiger charge is 2.17. The summed E-state index contributed by atoms with van der Waals surface area (Å²) >= 11 is 1.77. The van der Waals surface area contributed by atoms with Crippen molar-refractivity contribution in [2.75, 3.05) is 38.1 Å². The summed E-state index contributed by atoms with van der Waals surface area (Å²) in [6.45, 7) is 4.32. The molecule has 4 nitrogen and oxygen atoms in total. The fourth-order valence-corrected chi connectivity index (χ4v) is 3.70. The lowest BCUT2D eigenvalue weighted by molar-refractivity contribution is 0.313. The molecule has 0 spiro atoms. The number of furan rings is 1. The van der Waals surface area contributed by atoms with E-state index < -0.39 is 0 Å². The van der Waals surface area contributed by atoms with E-state index in [-0.39, 0.29) is 0 Å². The zero-order valence-electron chi connectivity index (χ0n) is 12.0. The summed E-state index contributed by atoms with van der Waals surface area (Å²) in [6, 6.07) is 10.2. The van der Waals surface area contributed by atoms with Crippen LogP contribution >= 0.6 is 11.3 Å². The Labute approximate surface area is 127 Å². The summed E-state index contributed by atoms with van der Waals surface area (Å²) < 4.78 is 6.69. The maximum Gasteiger partial charge on any atom is 0.186 e. The second-order valence-corrected chi connectivity index (χ2v) is 6.46. The minimum Gasteiger partial charge on any atom is -0.464 e. The number of piperazine rings is 1. The Kier molecular flexibility index (Phi) is 3.16. The zero-order chi connectivity index (χ0) is 14.2. The summed E-state index contributed by atoms with van der Waals surface area (Å²) in [4.78, 5) is 9.53. The van der Waals surface area contributed by atoms with E-state index in [1.165, 1.54) is 4.70 Å². The standard InChI is InChI=1S/C16H17N3OS/c1-18-6-8-19(9-7-18)16-17-13-5-4-12(11-15(13)21-16)14-3-2-10-20-14/h2-5,10-11H,6-9H2,1H3. The summed E-state index contributed by atoms with van der Waals surface area (Å²) in [5.41, 5.74) is 2.19. The van der Waals surface area contributed by atoms with Crippen molar-refractivity contribution in [3.05, 3.63) is 36.6 Å². The van der Waals surface area contributed by atoms with Gasteiger partial charge in [-0.1, -0.05) is 11.3 Å². The lowest BCUT2D eigenvalue weighted by Crippen LogP contribution is -2.44. The molecule has 5 heteroatoms. The van der Waals surface area contributed by atoms with Gasteiger partial charge in [0.15, 0.2) is 5.13 Å². The SMILES string of the molecule is CN1CCN(c2nc3ccc(-c4ccco4)cc3s2)CC1. The fraction of sp³-hybridized carbons (Fsp3) is 0.312. The van der Waals surface area contributed by atoms with Crippen molar-refractivity contribution in [2.24, 2.45) is 0 Å². The van der Waals surface area contributed by atoms with Crippen LogP contribution in [-0.2, 0) is 0 Å². The van der Waals surface area contributed by atoms with Gasteiger partial charge in [0, 0.05) is 31.7 Å². The average molecular weight is 299 g/mol. The molecule has 0 bridgehead atoms. The molecule has 0 saturated carbocycles. The first kappa shape index (κ1) is 12.9. The van der Waals surface area contributed by atoms with E-state index in [0.29, 0.717) is 0 Å². The average Bonchev–Trinajstić information content (AvgIpc) is 3.16. The highest BCUT2D eigenvalue weighted by molar-refractivity contribution is 7.22. The van der Waals surface area contributed by atoms with Crippen molar-refractivity contribution in [2.45, 2.75) is 0 Å². The summed E-state index contributed by atoms with van der Waals surface area (Å²) in [5, 5.41) is 1.13. The van der Waals surface area contributed by atoms with Gasteiger partial charge in [-0.05, 0) is 37.4 Å². The molecule has 0 N–H and O–H groups in total. The largest absolute Gasteiger partial charge is 0.464 e. The van der Waals surface area contributed by atoms with Crippen LogP contribution in [0, 0.1) is 0 Å². The van der Waals surface area contributed by atoms with Crippen molar-refractivity contribution >= 4 is 26.7 Å². The minimum atomic E-state index is 0.909. The molecule has 108 valence electrons. The molecule has 1 fully saturated rings. The van der Waals surface area contributed by atoms with E-state index in [0.717, 1.165) is 48.2 Å². The van der Waals surface area contributed by atoms with Gasteiger partial charge in [-0.15, -0.1) is 0 Å². The van der Waals surface area contributed by atoms with Crippen LogP contribution in [0.25, 0.3) is 21.5 Å². The van der Waals surface area contributed by atoms with Gasteiger partial charge in [-0.2, -0.15) is 0 Å². The second-order valence-electron chi connectivity index (χ2n) is 5.45. The third-order valence-corrected chi connectivity index (χ3v) is 5.04. The first-order chi connectivity index (χ1) is 10.3. The molecule has 0 amide bonds. The van der Waals surface area contributed by atoms with Gasteiger partial charge in [0.05, 0.1) is 16.5 Å². The molecule has 1 aliphatic rings. The number of benzene rings is 1. The van der Waals surface area contributed by atoms with Crippen molar-refractivity contribution < 1.29 is 4.42 Å². The minimum absolute atomic E-state index is 0.909. The van der Waals surface area contributed by atoms with E-state index in [2.05, 4.69) is 35.0 Å². The molecule has 1 saturated heterocycles. The molecular weight excluding hydrogens is 282 g/mol. The molecule has 0 atom stereocenters. The van der Waals surface area contributed by atoms with Crippen LogP contribution in [0.5, 0.6) is 0 Å². The molecule has 0 unspecified atom stereocenters. The van der Waals surface area contributed by atoms with E-state index >= 15 is 0 Å². The van der Waals surface area contributed by atoms with Crippen LogP contribution in [0.15, 0.2) is 41.0 Å². The van der Waals surface area contributed by atoms with Crippen LogP contribution in [0.3, 0.4) is 0 Å². The predicted molar refractivity (Wildman–Crippen MR) is 87.0 cm³/mol. The topological polar surface area (TPSA) is 32.5 Å². The Morgan fingerprint density at radius 2 is 2.00 bits per heavy atom. The Bertz CT molecular complexity index is 742. The van der Waals surface area contributed by atoms with E-state index in [1.807, 2.05) is 12.1 Å². The zero-order valence-corrected chi connectivity index (χ0v) is 12.8. The number of nitrogens with zero attached hydrogens (tertiary/aromatic N) is 3. The number of anilines is 1. The Morgan fingerprint density at radius 3 is 2.76 bits per heavy atom. The monoisotopic (exact) mass is 299 g/mol. The molecule has 1 aromatic carbocycles. The van der Waals surface area contributed by atoms with Gasteiger partial charge in [-0.3, -0.25) is 0 Å². The van der Waals surface area contributed by atoms with Crippen LogP contribution in [0.2, 0.25) is 0 Å². The molecule has 21 heavy (non-hydrogen) atoms. The van der Waals surface area contributed by atoms with Gasteiger partial charge < -0.3 is 14.2 Å². The summed E-state index contributed by atoms with van der Waals surface area (Å²) in [6.07, 6.45) is 1.71. The van der Waals surface area contributed by atoms with Gasteiger partial charge in [0.25, 0.3) is 0 Å². The number of thiazole rings is 1. The predicted octanol–water partition coefficient (Wildman–Crippen LogP) is 3.31. The number of fused-ring (bicyclic) bond motifs is 1. The van der Waals surface area contributed by atoms with E-state index in [1.54, 1.807) is 17.6 Å². The van der Waals surface area contributed by atoms with Crippen LogP contribution < -0.4 is 4.90 Å². The third-order valence-electron chi connectivity index (χ3n) is 3.96. The Hall–Kier alpha value is -1.85. The number of hydrogen-bond donors (Lipinski definition) is 0. The number of rotatable bonds is 2. The second kappa shape index (κ2) is 5.16. The molecule has 2 aromatic heterocycles. The number of aromatic nitrogens is 1. The third kappa shape index (κ3) is 2.43. The highest BCUT2D eigenvalue weighted by Crippen LogP contribution is 2.32. The molecule has 3 aromatic rings. The van der Waals surface area contributed by atoms with Crippen molar-refractivity contribution in [1.29, 1.82) is 0 Å². The van der Waals surface area contributed by atoms with Gasteiger partial charge >= 0.3 is 0 Å². The Balaban J connectivity index is 1.67. The first-order valence-corrected chi connectivity index (χ1v) is 7.99. The van der Waals surface area contributed by atoms with Crippen molar-refractivity contribution in [3.63, 3.8) is 0 Å². The summed E-state index contributed by atoms with van der Waals surface area (Å²) in [7, 11) is 2.17. The van der Waals surface area contributed by atoms with E-state index in [4.69, 9.17) is 9.40 Å². The van der Waals surface area contributed by atoms with Crippen molar-refractivity contribution in [3.8, 4) is 11.3 Å². The maximum absolute atomic E-state index is 5.47. The first-order valence-electron chi connectivity index (χ1n) is 7.17. The maximum atomic E-state index is 5.47. The fourth-order valence-electron chi connectivity index (χ4n) is 2.64. The molecule has 0 radical (unpaired) electrons. The lowest BCUT2D eigenvalue weighted by atomic mass is 10.2. The van der Waals surface area contributed by atoms with Gasteiger partial charge in [0.2, 0.25) is 0 Å². The number of hydrogen-bond acceptors (Lipinski definition) is 5. The van der Waals surface area contributed by atoms with Crippen LogP contribution in [0.4, 0.5) is 5.13 Å². The molecule has 3 heterocycles. The Morgan fingerprint density at radius 1 is 1.14 bits per heavy atom. The summed E-state index contributed by atoms with van der Waals surface area (Å²) in [5.74, 6) is 0.909. The van der Waals surface area contributed by atoms with Crippen LogP contribution in [0.1, 0.15) is 0 Å². The van der Waals surface area contributed by atoms with Crippen LogP contribution in [-0.4, -0.2) is 43.1 Å². The lowest BCUT2D eigenvalue weighted by Gasteiger charge is -2.31. The smallest absolute Gasteiger partial charge is 0.186 e. The van der Waals surface area contributed by atoms with Gasteiger partial charge in [0.1, 0.15) is 5.76 Å². The van der Waals surface area contributed by atoms with Gasteiger partial charge in [-0.25, -0.2) is 4.98 Å². The number of likely N-dealkylation sites (N-methyl/N-ethyl adjacent to an activating group) is 1. The molecular formula is C16H17N3OS. The highest BCUT2D eigenvalue weighted by atomic mass is 32.1. The molecule has 4 rings (SSSR count). The molecule has 1 aliphatic heterocycles. The van der Waals surface area contributed by atoms with Crippen molar-refractivity contribution in [1.82, 2.24) is 9.88 Å². The normalized spacial score (nSPS) is 16.7. The molecule has 0 aliphatic carbocycles.